The second kappa shape index (κ2) is 5.66. The van der Waals surface area contributed by atoms with Gasteiger partial charge in [-0.05, 0) is 45.1 Å². The lowest BCUT2D eigenvalue weighted by molar-refractivity contribution is -0.143. The number of carbonyl (C=O) groups excluding carboxylic acids is 1. The van der Waals surface area contributed by atoms with Crippen molar-refractivity contribution in [2.45, 2.75) is 32.9 Å². The molecule has 0 fully saturated rings. The molecule has 0 bridgehead atoms. The molecule has 1 atom stereocenters. The molecule has 0 spiro atoms. The van der Waals surface area contributed by atoms with Gasteiger partial charge in [-0.3, -0.25) is 0 Å². The first kappa shape index (κ1) is 14.6. The number of esters is 1. The molecule has 1 unspecified atom stereocenters. The van der Waals surface area contributed by atoms with Gasteiger partial charge in [-0.15, -0.1) is 0 Å². The Morgan fingerprint density at radius 1 is 1.35 bits per heavy atom. The summed E-state index contributed by atoms with van der Waals surface area (Å²) >= 11 is 5.31. The SMILES string of the molecule is COC(=O)C(C)n1c(=S)[nH]c2c(OC(C)C)cccc21. The van der Waals surface area contributed by atoms with Crippen LogP contribution in [0, 0.1) is 4.77 Å². The molecule has 1 N–H and O–H groups in total. The molecular weight excluding hydrogens is 276 g/mol. The molecule has 0 amide bonds. The Kier molecular flexibility index (Phi) is 4.13. The highest BCUT2D eigenvalue weighted by Crippen LogP contribution is 2.28. The monoisotopic (exact) mass is 294 g/mol. The van der Waals surface area contributed by atoms with Crippen LogP contribution in [0.25, 0.3) is 11.0 Å². The van der Waals surface area contributed by atoms with Crippen LogP contribution in [0.5, 0.6) is 5.75 Å². The molecule has 20 heavy (non-hydrogen) atoms. The summed E-state index contributed by atoms with van der Waals surface area (Å²) in [5.74, 6) is 0.386. The molecule has 5 nitrogen and oxygen atoms in total. The van der Waals surface area contributed by atoms with Crippen LogP contribution in [0.4, 0.5) is 0 Å². The molecule has 1 aromatic heterocycles. The van der Waals surface area contributed by atoms with Crippen LogP contribution < -0.4 is 4.74 Å². The van der Waals surface area contributed by atoms with Crippen molar-refractivity contribution in [3.63, 3.8) is 0 Å². The number of nitrogens with zero attached hydrogens (tertiary/aromatic N) is 1. The second-order valence-electron chi connectivity index (χ2n) is 4.82. The fourth-order valence-corrected chi connectivity index (χ4v) is 2.49. The van der Waals surface area contributed by atoms with Crippen LogP contribution in [0.2, 0.25) is 0 Å². The first-order valence-electron chi connectivity index (χ1n) is 6.43. The van der Waals surface area contributed by atoms with Crippen molar-refractivity contribution >= 4 is 29.2 Å². The molecule has 2 rings (SSSR count). The van der Waals surface area contributed by atoms with Crippen LogP contribution in [-0.2, 0) is 9.53 Å². The van der Waals surface area contributed by atoms with E-state index in [1.807, 2.05) is 32.0 Å². The number of aromatic amines is 1. The lowest BCUT2D eigenvalue weighted by atomic mass is 10.2. The highest BCUT2D eigenvalue weighted by atomic mass is 32.1. The van der Waals surface area contributed by atoms with Crippen LogP contribution in [0.1, 0.15) is 26.8 Å². The molecule has 108 valence electrons. The molecule has 1 aromatic carbocycles. The maximum absolute atomic E-state index is 11.7. The molecule has 0 saturated carbocycles. The number of aromatic nitrogens is 2. The topological polar surface area (TPSA) is 56.2 Å². The number of fused-ring (bicyclic) bond motifs is 1. The average Bonchev–Trinajstić information content (AvgIpc) is 2.73. The summed E-state index contributed by atoms with van der Waals surface area (Å²) in [7, 11) is 1.37. The van der Waals surface area contributed by atoms with Gasteiger partial charge in [-0.2, -0.15) is 0 Å². The summed E-state index contributed by atoms with van der Waals surface area (Å²) in [5.41, 5.74) is 1.62. The molecule has 0 aliphatic rings. The number of carbonyl (C=O) groups is 1. The quantitative estimate of drug-likeness (QED) is 0.695. The van der Waals surface area contributed by atoms with Crippen LogP contribution >= 0.6 is 12.2 Å². The average molecular weight is 294 g/mol. The standard InChI is InChI=1S/C14H18N2O3S/c1-8(2)19-11-7-5-6-10-12(11)15-14(20)16(10)9(3)13(17)18-4/h5-9H,1-4H3,(H,15,20). The highest BCUT2D eigenvalue weighted by molar-refractivity contribution is 7.71. The van der Waals surface area contributed by atoms with E-state index >= 15 is 0 Å². The van der Waals surface area contributed by atoms with E-state index < -0.39 is 6.04 Å². The predicted octanol–water partition coefficient (Wildman–Crippen LogP) is 3.22. The van der Waals surface area contributed by atoms with Crippen LogP contribution in [0.3, 0.4) is 0 Å². The van der Waals surface area contributed by atoms with Gasteiger partial charge in [0.1, 0.15) is 17.3 Å². The van der Waals surface area contributed by atoms with Gasteiger partial charge >= 0.3 is 5.97 Å². The third-order valence-corrected chi connectivity index (χ3v) is 3.31. The maximum Gasteiger partial charge on any atom is 0.328 e. The molecule has 6 heteroatoms. The summed E-state index contributed by atoms with van der Waals surface area (Å²) in [5, 5.41) is 0. The third-order valence-electron chi connectivity index (χ3n) is 3.01. The van der Waals surface area contributed by atoms with E-state index in [0.29, 0.717) is 4.77 Å². The number of nitrogens with one attached hydrogen (secondary N) is 1. The van der Waals surface area contributed by atoms with E-state index in [4.69, 9.17) is 21.7 Å². The van der Waals surface area contributed by atoms with Crippen molar-refractivity contribution in [1.82, 2.24) is 9.55 Å². The Hall–Kier alpha value is -1.82. The third kappa shape index (κ3) is 2.56. The number of ether oxygens (including phenoxy) is 2. The van der Waals surface area contributed by atoms with Crippen LogP contribution in [-0.4, -0.2) is 28.7 Å². The smallest absolute Gasteiger partial charge is 0.328 e. The van der Waals surface area contributed by atoms with Crippen molar-refractivity contribution in [2.75, 3.05) is 7.11 Å². The second-order valence-corrected chi connectivity index (χ2v) is 5.20. The number of rotatable bonds is 4. The van der Waals surface area contributed by atoms with Gasteiger partial charge in [0.25, 0.3) is 0 Å². The molecule has 2 aromatic rings. The number of imidazole rings is 1. The zero-order valence-electron chi connectivity index (χ0n) is 12.0. The number of hydrogen-bond acceptors (Lipinski definition) is 4. The fraction of sp³-hybridized carbons (Fsp3) is 0.429. The number of benzene rings is 1. The van der Waals surface area contributed by atoms with E-state index in [9.17, 15) is 4.79 Å². The first-order valence-corrected chi connectivity index (χ1v) is 6.84. The molecule has 0 saturated heterocycles. The fourth-order valence-electron chi connectivity index (χ4n) is 2.14. The minimum absolute atomic E-state index is 0.0592. The summed E-state index contributed by atoms with van der Waals surface area (Å²) in [6.07, 6.45) is 0.0592. The van der Waals surface area contributed by atoms with Crippen LogP contribution in [0.15, 0.2) is 18.2 Å². The Morgan fingerprint density at radius 2 is 2.05 bits per heavy atom. The summed E-state index contributed by atoms with van der Waals surface area (Å²) in [6.45, 7) is 5.67. The normalized spacial score (nSPS) is 12.7. The minimum Gasteiger partial charge on any atom is -0.489 e. The van der Waals surface area contributed by atoms with Crippen molar-refractivity contribution in [1.29, 1.82) is 0 Å². The van der Waals surface area contributed by atoms with Gasteiger partial charge in [0, 0.05) is 0 Å². The minimum atomic E-state index is -0.490. The van der Waals surface area contributed by atoms with E-state index in [-0.39, 0.29) is 12.1 Å². The van der Waals surface area contributed by atoms with E-state index in [1.165, 1.54) is 7.11 Å². The van der Waals surface area contributed by atoms with E-state index in [2.05, 4.69) is 4.98 Å². The van der Waals surface area contributed by atoms with E-state index in [1.54, 1.807) is 11.5 Å². The van der Waals surface area contributed by atoms with Gasteiger partial charge in [0.2, 0.25) is 0 Å². The molecule has 0 aliphatic carbocycles. The number of hydrogen-bond donors (Lipinski definition) is 1. The summed E-state index contributed by atoms with van der Waals surface area (Å²) in [6, 6.07) is 5.16. The largest absolute Gasteiger partial charge is 0.489 e. The number of methoxy groups -OCH3 is 1. The molecular formula is C14H18N2O3S. The number of H-pyrrole nitrogens is 1. The van der Waals surface area contributed by atoms with Gasteiger partial charge in [0.05, 0.1) is 18.7 Å². The predicted molar refractivity (Wildman–Crippen MR) is 79.6 cm³/mol. The zero-order valence-corrected chi connectivity index (χ0v) is 12.8. The van der Waals surface area contributed by atoms with Crippen molar-refractivity contribution in [3.8, 4) is 5.75 Å². The van der Waals surface area contributed by atoms with Crippen molar-refractivity contribution in [2.24, 2.45) is 0 Å². The Labute approximate surface area is 122 Å². The first-order chi connectivity index (χ1) is 9.45. The van der Waals surface area contributed by atoms with Crippen molar-refractivity contribution < 1.29 is 14.3 Å². The Balaban J connectivity index is 2.61. The summed E-state index contributed by atoms with van der Waals surface area (Å²) in [4.78, 5) is 14.8. The molecule has 0 radical (unpaired) electrons. The Bertz CT molecular complexity index is 687. The van der Waals surface area contributed by atoms with E-state index in [0.717, 1.165) is 16.8 Å². The van der Waals surface area contributed by atoms with Crippen molar-refractivity contribution in [3.05, 3.63) is 23.0 Å². The zero-order chi connectivity index (χ0) is 14.9. The molecule has 0 aliphatic heterocycles. The lowest BCUT2D eigenvalue weighted by Gasteiger charge is -2.13. The highest BCUT2D eigenvalue weighted by Gasteiger charge is 2.20. The molecule has 1 heterocycles. The lowest BCUT2D eigenvalue weighted by Crippen LogP contribution is -2.17. The van der Waals surface area contributed by atoms with Gasteiger partial charge in [-0.25, -0.2) is 4.79 Å². The maximum atomic E-state index is 11.7. The van der Waals surface area contributed by atoms with Gasteiger partial charge in [0.15, 0.2) is 4.77 Å². The van der Waals surface area contributed by atoms with Gasteiger partial charge < -0.3 is 19.0 Å². The number of para-hydroxylation sites is 1. The van der Waals surface area contributed by atoms with Gasteiger partial charge in [-0.1, -0.05) is 6.07 Å². The summed E-state index contributed by atoms with van der Waals surface area (Å²) < 4.78 is 12.7. The Morgan fingerprint density at radius 3 is 2.65 bits per heavy atom.